The Bertz CT molecular complexity index is 387. The molecule has 0 fully saturated rings. The lowest BCUT2D eigenvalue weighted by molar-refractivity contribution is 0.265. The van der Waals surface area contributed by atoms with Crippen molar-refractivity contribution in [3.8, 4) is 0 Å². The van der Waals surface area contributed by atoms with Gasteiger partial charge in [0.1, 0.15) is 0 Å². The van der Waals surface area contributed by atoms with Gasteiger partial charge >= 0.3 is 10.2 Å². The van der Waals surface area contributed by atoms with Crippen LogP contribution in [-0.4, -0.2) is 22.2 Å². The molecule has 1 amide bonds. The molecule has 0 bridgehead atoms. The Kier molecular flexibility index (Phi) is 3.65. The van der Waals surface area contributed by atoms with Crippen LogP contribution >= 0.6 is 22.9 Å². The number of hydrogen-bond donors (Lipinski definition) is 0. The summed E-state index contributed by atoms with van der Waals surface area (Å²) >= 11 is 6.15. The van der Waals surface area contributed by atoms with Crippen molar-refractivity contribution in [3.05, 3.63) is 9.67 Å². The average molecular weight is 236 g/mol. The molecule has 0 atom stereocenters. The molecule has 0 saturated heterocycles. The van der Waals surface area contributed by atoms with Gasteiger partial charge in [-0.15, -0.1) is 5.10 Å². The molecule has 0 aliphatic carbocycles. The van der Waals surface area contributed by atoms with Crippen molar-refractivity contribution in [2.75, 3.05) is 11.9 Å². The number of anilines is 1. The number of rotatable bonds is 3. The van der Waals surface area contributed by atoms with Crippen molar-refractivity contribution in [1.29, 1.82) is 0 Å². The van der Waals surface area contributed by atoms with Gasteiger partial charge in [0.15, 0.2) is 0 Å². The van der Waals surface area contributed by atoms with Crippen LogP contribution in [0.4, 0.5) is 9.93 Å². The molecular formula is C7H10ClN3O2S. The van der Waals surface area contributed by atoms with Crippen LogP contribution in [0.3, 0.4) is 0 Å². The zero-order chi connectivity index (χ0) is 10.7. The maximum absolute atomic E-state index is 11.3. The second-order valence-corrected chi connectivity index (χ2v) is 3.93. The fourth-order valence-corrected chi connectivity index (χ4v) is 1.74. The normalized spacial score (nSPS) is 10.2. The molecule has 78 valence electrons. The summed E-state index contributed by atoms with van der Waals surface area (Å²) in [4.78, 5) is 23.0. The average Bonchev–Trinajstić information content (AvgIpc) is 2.47. The predicted molar refractivity (Wildman–Crippen MR) is 56.3 cm³/mol. The Morgan fingerprint density at radius 2 is 2.36 bits per heavy atom. The van der Waals surface area contributed by atoms with Crippen LogP contribution in [0.2, 0.25) is 0 Å². The summed E-state index contributed by atoms with van der Waals surface area (Å²) in [5.74, 6) is 0. The topological polar surface area (TPSA) is 55.2 Å². The van der Waals surface area contributed by atoms with E-state index < -0.39 is 5.37 Å². The maximum Gasteiger partial charge on any atom is 0.326 e. The third-order valence-corrected chi connectivity index (χ3v) is 2.76. The smallest absolute Gasteiger partial charge is 0.276 e. The minimum absolute atomic E-state index is 0.174. The third kappa shape index (κ3) is 2.33. The van der Waals surface area contributed by atoms with Gasteiger partial charge in [0, 0.05) is 13.6 Å². The van der Waals surface area contributed by atoms with E-state index in [1.54, 1.807) is 0 Å². The van der Waals surface area contributed by atoms with Crippen molar-refractivity contribution < 1.29 is 4.79 Å². The van der Waals surface area contributed by atoms with Crippen molar-refractivity contribution >= 4 is 33.4 Å². The Labute approximate surface area is 89.9 Å². The van der Waals surface area contributed by atoms with Crippen molar-refractivity contribution in [3.63, 3.8) is 0 Å². The van der Waals surface area contributed by atoms with Gasteiger partial charge in [-0.3, -0.25) is 14.5 Å². The van der Waals surface area contributed by atoms with Gasteiger partial charge in [0.25, 0.3) is 0 Å². The van der Waals surface area contributed by atoms with E-state index in [-0.39, 0.29) is 4.87 Å². The van der Waals surface area contributed by atoms with Crippen LogP contribution in [-0.2, 0) is 6.54 Å². The zero-order valence-corrected chi connectivity index (χ0v) is 9.43. The minimum Gasteiger partial charge on any atom is -0.276 e. The highest BCUT2D eigenvalue weighted by Gasteiger charge is 2.14. The zero-order valence-electron chi connectivity index (χ0n) is 7.86. The molecule has 0 aliphatic heterocycles. The van der Waals surface area contributed by atoms with E-state index >= 15 is 0 Å². The van der Waals surface area contributed by atoms with Crippen molar-refractivity contribution in [1.82, 2.24) is 9.78 Å². The molecule has 0 unspecified atom stereocenters. The number of aryl methyl sites for hydroxylation is 1. The van der Waals surface area contributed by atoms with E-state index in [1.165, 1.54) is 11.7 Å². The standard InChI is InChI=1S/C7H10ClN3O2S/c1-3-4-11-7(13)14-6(9-11)10(2)5(8)12/h3-4H2,1-2H3. The summed E-state index contributed by atoms with van der Waals surface area (Å²) in [6.07, 6.45) is 0.821. The SMILES string of the molecule is CCCn1nc(N(C)C(=O)Cl)sc1=O. The number of carbonyl (C=O) groups excluding carboxylic acids is 1. The van der Waals surface area contributed by atoms with Crippen molar-refractivity contribution in [2.24, 2.45) is 0 Å². The fourth-order valence-electron chi connectivity index (χ4n) is 0.859. The summed E-state index contributed by atoms with van der Waals surface area (Å²) in [5, 5.41) is 3.64. The first-order chi connectivity index (χ1) is 6.56. The van der Waals surface area contributed by atoms with E-state index in [0.717, 1.165) is 22.7 Å². The monoisotopic (exact) mass is 235 g/mol. The molecule has 1 rings (SSSR count). The lowest BCUT2D eigenvalue weighted by Crippen LogP contribution is -2.20. The molecule has 0 radical (unpaired) electrons. The molecule has 0 aromatic carbocycles. The highest BCUT2D eigenvalue weighted by molar-refractivity contribution is 7.13. The maximum atomic E-state index is 11.3. The molecule has 5 nitrogen and oxygen atoms in total. The van der Waals surface area contributed by atoms with Crippen LogP contribution in [0.1, 0.15) is 13.3 Å². The minimum atomic E-state index is -0.651. The Balaban J connectivity index is 2.96. The number of nitrogens with zero attached hydrogens (tertiary/aromatic N) is 3. The molecule has 1 aromatic rings. The summed E-state index contributed by atoms with van der Waals surface area (Å²) in [5.41, 5.74) is 0. The predicted octanol–water partition coefficient (Wildman–Crippen LogP) is 1.51. The van der Waals surface area contributed by atoms with E-state index in [1.807, 2.05) is 6.92 Å². The van der Waals surface area contributed by atoms with Crippen LogP contribution in [0.25, 0.3) is 0 Å². The van der Waals surface area contributed by atoms with E-state index in [4.69, 9.17) is 11.6 Å². The third-order valence-electron chi connectivity index (χ3n) is 1.58. The number of aromatic nitrogens is 2. The van der Waals surface area contributed by atoms with E-state index in [0.29, 0.717) is 11.7 Å². The van der Waals surface area contributed by atoms with Gasteiger partial charge in [-0.1, -0.05) is 6.92 Å². The summed E-state index contributed by atoms with van der Waals surface area (Å²) in [6.45, 7) is 2.50. The van der Waals surface area contributed by atoms with Crippen LogP contribution < -0.4 is 9.77 Å². The Morgan fingerprint density at radius 1 is 1.71 bits per heavy atom. The first-order valence-electron chi connectivity index (χ1n) is 4.07. The summed E-state index contributed by atoms with van der Waals surface area (Å²) in [7, 11) is 1.48. The molecule has 0 saturated carbocycles. The van der Waals surface area contributed by atoms with Gasteiger partial charge in [0.05, 0.1) is 0 Å². The Hall–Kier alpha value is -0.880. The van der Waals surface area contributed by atoms with Gasteiger partial charge in [-0.25, -0.2) is 4.68 Å². The quantitative estimate of drug-likeness (QED) is 0.590. The number of hydrogen-bond acceptors (Lipinski definition) is 4. The second kappa shape index (κ2) is 4.56. The molecule has 14 heavy (non-hydrogen) atoms. The molecule has 0 spiro atoms. The first kappa shape index (κ1) is 11.2. The molecule has 0 N–H and O–H groups in total. The first-order valence-corrected chi connectivity index (χ1v) is 5.26. The summed E-state index contributed by atoms with van der Waals surface area (Å²) in [6, 6.07) is 0. The highest BCUT2D eigenvalue weighted by atomic mass is 35.5. The van der Waals surface area contributed by atoms with Gasteiger partial charge in [0.2, 0.25) is 5.13 Å². The van der Waals surface area contributed by atoms with Crippen molar-refractivity contribution in [2.45, 2.75) is 19.9 Å². The van der Waals surface area contributed by atoms with Gasteiger partial charge in [-0.05, 0) is 29.4 Å². The number of amides is 1. The molecule has 0 aliphatic rings. The Morgan fingerprint density at radius 3 is 2.86 bits per heavy atom. The number of halogens is 1. The molecule has 7 heteroatoms. The van der Waals surface area contributed by atoms with E-state index in [9.17, 15) is 9.59 Å². The lowest BCUT2D eigenvalue weighted by atomic mass is 10.5. The lowest BCUT2D eigenvalue weighted by Gasteiger charge is -2.06. The highest BCUT2D eigenvalue weighted by Crippen LogP contribution is 2.13. The van der Waals surface area contributed by atoms with Gasteiger partial charge in [-0.2, -0.15) is 0 Å². The molecule has 1 aromatic heterocycles. The second-order valence-electron chi connectivity index (χ2n) is 2.69. The molecular weight excluding hydrogens is 226 g/mol. The van der Waals surface area contributed by atoms with Gasteiger partial charge < -0.3 is 0 Å². The largest absolute Gasteiger partial charge is 0.326 e. The van der Waals surface area contributed by atoms with Crippen LogP contribution in [0.15, 0.2) is 4.79 Å². The number of carbonyl (C=O) groups is 1. The van der Waals surface area contributed by atoms with E-state index in [2.05, 4.69) is 5.10 Å². The van der Waals surface area contributed by atoms with Crippen LogP contribution in [0, 0.1) is 0 Å². The molecule has 1 heterocycles. The fraction of sp³-hybridized carbons (Fsp3) is 0.571. The summed E-state index contributed by atoms with van der Waals surface area (Å²) < 4.78 is 1.33. The van der Waals surface area contributed by atoms with Crippen LogP contribution in [0.5, 0.6) is 0 Å².